The molecule has 4 nitrogen and oxygen atoms in total. The van der Waals surface area contributed by atoms with Crippen molar-refractivity contribution in [2.24, 2.45) is 0 Å². The topological polar surface area (TPSA) is 57.0 Å². The van der Waals surface area contributed by atoms with E-state index in [9.17, 15) is 0 Å². The minimum atomic E-state index is 0.186. The van der Waals surface area contributed by atoms with Crippen LogP contribution < -0.4 is 5.73 Å². The number of anilines is 1. The quantitative estimate of drug-likeness (QED) is 0.714. The lowest BCUT2D eigenvalue weighted by atomic mass is 10.1. The van der Waals surface area contributed by atoms with Gasteiger partial charge >= 0.3 is 0 Å². The fourth-order valence-corrected chi connectivity index (χ4v) is 2.57. The molecule has 2 aromatic heterocycles. The smallest absolute Gasteiger partial charge is 0.106 e. The number of imidazole rings is 1. The molecule has 1 atom stereocenters. The Balaban J connectivity index is 2.11. The van der Waals surface area contributed by atoms with Crippen LogP contribution in [0.5, 0.6) is 0 Å². The lowest BCUT2D eigenvalue weighted by molar-refractivity contribution is 0.495. The Morgan fingerprint density at radius 2 is 2.05 bits per heavy atom. The fourth-order valence-electron chi connectivity index (χ4n) is 2.57. The molecule has 4 heteroatoms. The van der Waals surface area contributed by atoms with Gasteiger partial charge in [0, 0.05) is 11.3 Å². The first-order chi connectivity index (χ1) is 9.06. The van der Waals surface area contributed by atoms with Crippen molar-refractivity contribution in [2.75, 3.05) is 5.73 Å². The van der Waals surface area contributed by atoms with Crippen LogP contribution in [0.15, 0.2) is 35.0 Å². The third kappa shape index (κ3) is 1.89. The maximum absolute atomic E-state index is 5.78. The van der Waals surface area contributed by atoms with Gasteiger partial charge in [-0.05, 0) is 45.0 Å². The zero-order valence-corrected chi connectivity index (χ0v) is 11.3. The first kappa shape index (κ1) is 11.8. The molecule has 0 saturated carbocycles. The Kier molecular flexibility index (Phi) is 2.59. The van der Waals surface area contributed by atoms with Crippen LogP contribution >= 0.6 is 0 Å². The molecule has 0 bridgehead atoms. The number of nitrogens with two attached hydrogens (primary N) is 1. The third-order valence-electron chi connectivity index (χ3n) is 3.55. The molecule has 2 N–H and O–H groups in total. The van der Waals surface area contributed by atoms with Crippen molar-refractivity contribution in [3.63, 3.8) is 0 Å². The lowest BCUT2D eigenvalue weighted by Gasteiger charge is -2.13. The van der Waals surface area contributed by atoms with Gasteiger partial charge in [-0.25, -0.2) is 4.98 Å². The number of hydrogen-bond acceptors (Lipinski definition) is 3. The number of fused-ring (bicyclic) bond motifs is 1. The van der Waals surface area contributed by atoms with Crippen molar-refractivity contribution < 1.29 is 4.42 Å². The van der Waals surface area contributed by atoms with Crippen LogP contribution in [0.25, 0.3) is 11.0 Å². The molecule has 2 heterocycles. The molecule has 0 saturated heterocycles. The lowest BCUT2D eigenvalue weighted by Crippen LogP contribution is -2.05. The highest BCUT2D eigenvalue weighted by atomic mass is 16.3. The van der Waals surface area contributed by atoms with Gasteiger partial charge in [-0.3, -0.25) is 0 Å². The number of aromatic nitrogens is 2. The highest BCUT2D eigenvalue weighted by Gasteiger charge is 2.16. The van der Waals surface area contributed by atoms with E-state index in [1.165, 1.54) is 5.56 Å². The van der Waals surface area contributed by atoms with Crippen molar-refractivity contribution in [3.8, 4) is 0 Å². The minimum absolute atomic E-state index is 0.186. The number of rotatable bonds is 2. The second kappa shape index (κ2) is 4.16. The number of nitrogens with zero attached hydrogens (tertiary/aromatic N) is 2. The molecule has 1 aromatic carbocycles. The first-order valence-corrected chi connectivity index (χ1v) is 6.35. The van der Waals surface area contributed by atoms with Gasteiger partial charge in [0.2, 0.25) is 0 Å². The molecule has 19 heavy (non-hydrogen) atoms. The van der Waals surface area contributed by atoms with Gasteiger partial charge in [0.05, 0.1) is 23.4 Å². The highest BCUT2D eigenvalue weighted by molar-refractivity contribution is 5.79. The van der Waals surface area contributed by atoms with Crippen LogP contribution in [0, 0.1) is 13.8 Å². The Hall–Kier alpha value is -2.23. The zero-order valence-electron chi connectivity index (χ0n) is 11.3. The number of benzene rings is 1. The molecule has 0 spiro atoms. The summed E-state index contributed by atoms with van der Waals surface area (Å²) >= 11 is 0. The summed E-state index contributed by atoms with van der Waals surface area (Å²) in [6.07, 6.45) is 1.86. The van der Waals surface area contributed by atoms with E-state index in [0.29, 0.717) is 0 Å². The molecule has 0 amide bonds. The molecular formula is C15H17N3O. The summed E-state index contributed by atoms with van der Waals surface area (Å²) in [4.78, 5) is 4.41. The van der Waals surface area contributed by atoms with Crippen molar-refractivity contribution >= 4 is 16.7 Å². The van der Waals surface area contributed by atoms with E-state index in [1.54, 1.807) is 0 Å². The summed E-state index contributed by atoms with van der Waals surface area (Å²) in [5.74, 6) is 1.90. The standard InChI is InChI=1S/C15H17N3O/c1-9-6-13(11(3)19-9)10(2)18-8-17-14-7-12(16)4-5-15(14)18/h4-8,10H,16H2,1-3H3. The Bertz CT molecular complexity index is 739. The maximum atomic E-state index is 5.78. The van der Waals surface area contributed by atoms with E-state index in [-0.39, 0.29) is 6.04 Å². The van der Waals surface area contributed by atoms with Gasteiger partial charge in [-0.15, -0.1) is 0 Å². The van der Waals surface area contributed by atoms with E-state index >= 15 is 0 Å². The van der Waals surface area contributed by atoms with Gasteiger partial charge in [-0.2, -0.15) is 0 Å². The summed E-state index contributed by atoms with van der Waals surface area (Å²) in [5, 5.41) is 0. The molecule has 3 aromatic rings. The predicted molar refractivity (Wildman–Crippen MR) is 76.1 cm³/mol. The van der Waals surface area contributed by atoms with Gasteiger partial charge < -0.3 is 14.7 Å². The predicted octanol–water partition coefficient (Wildman–Crippen LogP) is 3.44. The van der Waals surface area contributed by atoms with Crippen LogP contribution in [-0.2, 0) is 0 Å². The summed E-state index contributed by atoms with van der Waals surface area (Å²) in [7, 11) is 0. The Labute approximate surface area is 111 Å². The van der Waals surface area contributed by atoms with E-state index in [0.717, 1.165) is 28.2 Å². The van der Waals surface area contributed by atoms with Crippen LogP contribution in [0.4, 0.5) is 5.69 Å². The largest absolute Gasteiger partial charge is 0.466 e. The SMILES string of the molecule is Cc1cc(C(C)n2cnc3cc(N)ccc32)c(C)o1. The molecule has 0 fully saturated rings. The van der Waals surface area contributed by atoms with E-state index in [4.69, 9.17) is 10.2 Å². The van der Waals surface area contributed by atoms with Crippen molar-refractivity contribution in [1.82, 2.24) is 9.55 Å². The van der Waals surface area contributed by atoms with Gasteiger partial charge in [-0.1, -0.05) is 0 Å². The number of aryl methyl sites for hydroxylation is 2. The second-order valence-electron chi connectivity index (χ2n) is 4.94. The van der Waals surface area contributed by atoms with E-state index < -0.39 is 0 Å². The summed E-state index contributed by atoms with van der Waals surface area (Å²) in [5.41, 5.74) is 9.71. The number of furan rings is 1. The van der Waals surface area contributed by atoms with E-state index in [2.05, 4.69) is 22.5 Å². The van der Waals surface area contributed by atoms with Gasteiger partial charge in [0.25, 0.3) is 0 Å². The molecule has 0 aliphatic rings. The van der Waals surface area contributed by atoms with Crippen LogP contribution in [-0.4, -0.2) is 9.55 Å². The third-order valence-corrected chi connectivity index (χ3v) is 3.55. The van der Waals surface area contributed by atoms with Gasteiger partial charge in [0.1, 0.15) is 11.5 Å². The normalized spacial score (nSPS) is 13.0. The first-order valence-electron chi connectivity index (χ1n) is 6.35. The highest BCUT2D eigenvalue weighted by Crippen LogP contribution is 2.28. The summed E-state index contributed by atoms with van der Waals surface area (Å²) in [6, 6.07) is 8.08. The molecule has 1 unspecified atom stereocenters. The Morgan fingerprint density at radius 3 is 2.74 bits per heavy atom. The average Bonchev–Trinajstić information content (AvgIpc) is 2.91. The molecule has 0 radical (unpaired) electrons. The molecule has 3 rings (SSSR count). The molecule has 0 aliphatic carbocycles. The molecule has 0 aliphatic heterocycles. The maximum Gasteiger partial charge on any atom is 0.106 e. The molecular weight excluding hydrogens is 238 g/mol. The monoisotopic (exact) mass is 255 g/mol. The van der Waals surface area contributed by atoms with Gasteiger partial charge in [0.15, 0.2) is 0 Å². The number of nitrogen functional groups attached to an aromatic ring is 1. The second-order valence-corrected chi connectivity index (χ2v) is 4.94. The number of hydrogen-bond donors (Lipinski definition) is 1. The van der Waals surface area contributed by atoms with Crippen molar-refractivity contribution in [3.05, 3.63) is 47.7 Å². The van der Waals surface area contributed by atoms with Crippen LogP contribution in [0.1, 0.15) is 30.0 Å². The summed E-state index contributed by atoms with van der Waals surface area (Å²) < 4.78 is 7.76. The van der Waals surface area contributed by atoms with E-state index in [1.807, 2.05) is 38.4 Å². The zero-order chi connectivity index (χ0) is 13.6. The van der Waals surface area contributed by atoms with Crippen molar-refractivity contribution in [1.29, 1.82) is 0 Å². The minimum Gasteiger partial charge on any atom is -0.466 e. The average molecular weight is 255 g/mol. The fraction of sp³-hybridized carbons (Fsp3) is 0.267. The summed E-state index contributed by atoms with van der Waals surface area (Å²) in [6.45, 7) is 6.11. The van der Waals surface area contributed by atoms with Crippen LogP contribution in [0.2, 0.25) is 0 Å². The Morgan fingerprint density at radius 1 is 1.26 bits per heavy atom. The van der Waals surface area contributed by atoms with Crippen molar-refractivity contribution in [2.45, 2.75) is 26.8 Å². The van der Waals surface area contributed by atoms with Crippen LogP contribution in [0.3, 0.4) is 0 Å². The molecule has 98 valence electrons.